The molecule has 0 aliphatic heterocycles. The first kappa shape index (κ1) is 18.1. The second kappa shape index (κ2) is 7.66. The minimum atomic E-state index is -3.48. The number of rotatable bonds is 6. The molecule has 26 heavy (non-hydrogen) atoms. The van der Waals surface area contributed by atoms with Gasteiger partial charge in [-0.3, -0.25) is 0 Å². The highest BCUT2D eigenvalue weighted by molar-refractivity contribution is 7.91. The second-order valence-corrected chi connectivity index (χ2v) is 8.07. The molecule has 0 atom stereocenters. The molecule has 3 aromatic rings. The molecule has 0 saturated heterocycles. The maximum Gasteiger partial charge on any atom is 0.179 e. The Kier molecular flexibility index (Phi) is 5.32. The number of nitrogens with zero attached hydrogens (tertiary/aromatic N) is 2. The molecule has 0 unspecified atom stereocenters. The minimum absolute atomic E-state index is 0.0630. The first-order chi connectivity index (χ1) is 12.5. The van der Waals surface area contributed by atoms with E-state index in [4.69, 9.17) is 0 Å². The van der Waals surface area contributed by atoms with Crippen LogP contribution in [0.3, 0.4) is 0 Å². The number of hydrogen-bond acceptors (Lipinski definition) is 5. The van der Waals surface area contributed by atoms with E-state index in [1.807, 2.05) is 25.1 Å². The third-order valence-electron chi connectivity index (χ3n) is 4.09. The van der Waals surface area contributed by atoms with E-state index in [0.29, 0.717) is 22.9 Å². The smallest absolute Gasteiger partial charge is 0.179 e. The van der Waals surface area contributed by atoms with E-state index in [1.165, 1.54) is 6.07 Å². The van der Waals surface area contributed by atoms with Crippen LogP contribution in [0.4, 0.5) is 11.4 Å². The van der Waals surface area contributed by atoms with Crippen molar-refractivity contribution in [3.8, 4) is 5.75 Å². The number of phenolic OH excluding ortho intramolecular Hbond substituents is 1. The fraction of sp³-hybridized carbons (Fsp3) is 0.200. The molecule has 134 valence electrons. The fourth-order valence-corrected chi connectivity index (χ4v) is 4.39. The standard InChI is InChI=1S/C20H20N2O3S/c1-2-3-13-26(24,25)19-14-18(22-21-15-9-5-4-6-10-15)20(23)17-12-8-7-11-16(17)19/h4-12,14,23H,2-3,13H2,1H3/b22-21+. The lowest BCUT2D eigenvalue weighted by Crippen LogP contribution is -2.07. The van der Waals surface area contributed by atoms with Crippen molar-refractivity contribution in [2.45, 2.75) is 24.7 Å². The molecule has 3 rings (SSSR count). The van der Waals surface area contributed by atoms with Crippen molar-refractivity contribution in [2.75, 3.05) is 5.75 Å². The highest BCUT2D eigenvalue weighted by Gasteiger charge is 2.21. The van der Waals surface area contributed by atoms with E-state index in [1.54, 1.807) is 36.4 Å². The predicted octanol–water partition coefficient (Wildman–Crippen LogP) is 5.53. The zero-order valence-corrected chi connectivity index (χ0v) is 15.3. The Morgan fingerprint density at radius 2 is 1.58 bits per heavy atom. The zero-order chi connectivity index (χ0) is 18.6. The summed E-state index contributed by atoms with van der Waals surface area (Å²) in [6.45, 7) is 1.95. The van der Waals surface area contributed by atoms with E-state index >= 15 is 0 Å². The van der Waals surface area contributed by atoms with E-state index in [9.17, 15) is 13.5 Å². The Morgan fingerprint density at radius 3 is 2.27 bits per heavy atom. The van der Waals surface area contributed by atoms with Crippen LogP contribution in [0.2, 0.25) is 0 Å². The van der Waals surface area contributed by atoms with Gasteiger partial charge in [-0.2, -0.15) is 5.11 Å². The predicted molar refractivity (Wildman–Crippen MR) is 103 cm³/mol. The molecular formula is C20H20N2O3S. The van der Waals surface area contributed by atoms with Gasteiger partial charge in [-0.15, -0.1) is 5.11 Å². The van der Waals surface area contributed by atoms with Crippen LogP contribution >= 0.6 is 0 Å². The van der Waals surface area contributed by atoms with Crippen molar-refractivity contribution >= 4 is 32.0 Å². The summed E-state index contributed by atoms with van der Waals surface area (Å²) in [5.74, 6) is -0.0113. The molecule has 0 bridgehead atoms. The third-order valence-corrected chi connectivity index (χ3v) is 5.92. The van der Waals surface area contributed by atoms with Crippen LogP contribution in [0, 0.1) is 0 Å². The van der Waals surface area contributed by atoms with Gasteiger partial charge in [0.1, 0.15) is 5.69 Å². The van der Waals surface area contributed by atoms with E-state index in [0.717, 1.165) is 6.42 Å². The third kappa shape index (κ3) is 3.75. The Balaban J connectivity index is 2.16. The summed E-state index contributed by atoms with van der Waals surface area (Å²) in [7, 11) is -3.48. The average Bonchev–Trinajstić information content (AvgIpc) is 2.67. The van der Waals surface area contributed by atoms with Crippen LogP contribution in [0.1, 0.15) is 19.8 Å². The molecule has 0 heterocycles. The topological polar surface area (TPSA) is 79.1 Å². The van der Waals surface area contributed by atoms with Crippen LogP contribution in [0.25, 0.3) is 10.8 Å². The zero-order valence-electron chi connectivity index (χ0n) is 14.5. The molecule has 0 amide bonds. The number of hydrogen-bond donors (Lipinski definition) is 1. The maximum absolute atomic E-state index is 12.8. The highest BCUT2D eigenvalue weighted by atomic mass is 32.2. The molecule has 1 N–H and O–H groups in total. The van der Waals surface area contributed by atoms with Crippen molar-refractivity contribution in [1.29, 1.82) is 0 Å². The number of benzene rings is 3. The summed E-state index contributed by atoms with van der Waals surface area (Å²) in [5.41, 5.74) is 0.762. The summed E-state index contributed by atoms with van der Waals surface area (Å²) in [5, 5.41) is 19.7. The second-order valence-electron chi connectivity index (χ2n) is 6.00. The summed E-state index contributed by atoms with van der Waals surface area (Å²) >= 11 is 0. The number of azo groups is 1. The highest BCUT2D eigenvalue weighted by Crippen LogP contribution is 2.40. The van der Waals surface area contributed by atoms with Crippen molar-refractivity contribution in [1.82, 2.24) is 0 Å². The Hall–Kier alpha value is -2.73. The van der Waals surface area contributed by atoms with Gasteiger partial charge in [0.2, 0.25) is 0 Å². The summed E-state index contributed by atoms with van der Waals surface area (Å²) in [4.78, 5) is 0.182. The van der Waals surface area contributed by atoms with Crippen molar-refractivity contribution in [3.63, 3.8) is 0 Å². The van der Waals surface area contributed by atoms with Crippen LogP contribution in [-0.4, -0.2) is 19.3 Å². The maximum atomic E-state index is 12.8. The lowest BCUT2D eigenvalue weighted by atomic mass is 10.1. The van der Waals surface area contributed by atoms with Gasteiger partial charge in [-0.25, -0.2) is 8.42 Å². The molecule has 0 saturated carbocycles. The van der Waals surface area contributed by atoms with Crippen LogP contribution < -0.4 is 0 Å². The van der Waals surface area contributed by atoms with Gasteiger partial charge in [0.05, 0.1) is 16.3 Å². The summed E-state index contributed by atoms with van der Waals surface area (Å²) < 4.78 is 25.6. The fourth-order valence-electron chi connectivity index (χ4n) is 2.70. The van der Waals surface area contributed by atoms with Crippen LogP contribution in [-0.2, 0) is 9.84 Å². The van der Waals surface area contributed by atoms with Crippen molar-refractivity contribution < 1.29 is 13.5 Å². The monoisotopic (exact) mass is 368 g/mol. The van der Waals surface area contributed by atoms with Crippen LogP contribution in [0.5, 0.6) is 5.75 Å². The largest absolute Gasteiger partial charge is 0.505 e. The van der Waals surface area contributed by atoms with Gasteiger partial charge in [-0.05, 0) is 24.6 Å². The SMILES string of the molecule is CCCCS(=O)(=O)c1cc(/N=N/c2ccccc2)c(O)c2ccccc12. The lowest BCUT2D eigenvalue weighted by molar-refractivity contribution is 0.482. The molecule has 6 heteroatoms. The Morgan fingerprint density at radius 1 is 0.923 bits per heavy atom. The minimum Gasteiger partial charge on any atom is -0.505 e. The van der Waals surface area contributed by atoms with Gasteiger partial charge in [0, 0.05) is 10.8 Å². The lowest BCUT2D eigenvalue weighted by Gasteiger charge is -2.11. The quantitative estimate of drug-likeness (QED) is 0.581. The van der Waals surface area contributed by atoms with Crippen molar-refractivity contribution in [2.24, 2.45) is 10.2 Å². The van der Waals surface area contributed by atoms with Gasteiger partial charge in [0.25, 0.3) is 0 Å². The first-order valence-corrected chi connectivity index (χ1v) is 10.1. The normalized spacial score (nSPS) is 12.0. The molecular weight excluding hydrogens is 348 g/mol. The van der Waals surface area contributed by atoms with E-state index in [-0.39, 0.29) is 22.1 Å². The molecule has 0 spiro atoms. The van der Waals surface area contributed by atoms with Gasteiger partial charge in [-0.1, -0.05) is 55.8 Å². The van der Waals surface area contributed by atoms with Gasteiger partial charge in [0.15, 0.2) is 15.6 Å². The molecule has 0 fully saturated rings. The molecule has 0 radical (unpaired) electrons. The molecule has 5 nitrogen and oxygen atoms in total. The summed E-state index contributed by atoms with van der Waals surface area (Å²) in [6.07, 6.45) is 1.37. The first-order valence-electron chi connectivity index (χ1n) is 8.47. The molecule has 0 aromatic heterocycles. The summed E-state index contributed by atoms with van der Waals surface area (Å²) in [6, 6.07) is 17.4. The molecule has 3 aromatic carbocycles. The van der Waals surface area contributed by atoms with E-state index in [2.05, 4.69) is 10.2 Å². The van der Waals surface area contributed by atoms with Crippen LogP contribution in [0.15, 0.2) is 75.8 Å². The Bertz CT molecular complexity index is 1050. The molecule has 0 aliphatic rings. The van der Waals surface area contributed by atoms with E-state index < -0.39 is 9.84 Å². The number of fused-ring (bicyclic) bond motifs is 1. The average molecular weight is 368 g/mol. The number of phenols is 1. The Labute approximate surface area is 152 Å². The number of aromatic hydroxyl groups is 1. The van der Waals surface area contributed by atoms with Gasteiger partial charge >= 0.3 is 0 Å². The number of sulfone groups is 1. The van der Waals surface area contributed by atoms with Gasteiger partial charge < -0.3 is 5.11 Å². The molecule has 0 aliphatic carbocycles. The number of unbranched alkanes of at least 4 members (excludes halogenated alkanes) is 1. The van der Waals surface area contributed by atoms with Crippen molar-refractivity contribution in [3.05, 3.63) is 60.7 Å².